The Morgan fingerprint density at radius 2 is 1.92 bits per heavy atom. The van der Waals surface area contributed by atoms with Crippen molar-refractivity contribution in [2.24, 2.45) is 5.73 Å². The molecule has 6 nitrogen and oxygen atoms in total. The lowest BCUT2D eigenvalue weighted by Crippen LogP contribution is -2.31. The number of fused-ring (bicyclic) bond motifs is 1. The van der Waals surface area contributed by atoms with E-state index in [9.17, 15) is 9.59 Å². The van der Waals surface area contributed by atoms with E-state index in [1.54, 1.807) is 24.3 Å². The van der Waals surface area contributed by atoms with Crippen molar-refractivity contribution in [3.63, 3.8) is 0 Å². The number of benzene rings is 2. The van der Waals surface area contributed by atoms with Gasteiger partial charge in [-0.05, 0) is 66.8 Å². The molecule has 6 heteroatoms. The number of carbonyl (C=O) groups is 2. The Morgan fingerprint density at radius 1 is 1.16 bits per heavy atom. The summed E-state index contributed by atoms with van der Waals surface area (Å²) in [5, 5.41) is 3.09. The maximum absolute atomic E-state index is 12.5. The third-order valence-corrected chi connectivity index (χ3v) is 4.28. The van der Waals surface area contributed by atoms with Crippen LogP contribution >= 0.6 is 0 Å². The standard InChI is InChI=1S/C19H21N3O3/c20-14-6-9-16-13(10-14)2-1-3-17(16)22-19(24)12-4-7-15(8-5-12)25-11-18(21)23/h4-10,17H,1-3,11,20H2,(H2,21,23)(H,22,24). The van der Waals surface area contributed by atoms with Crippen LogP contribution in [0.5, 0.6) is 5.75 Å². The molecular weight excluding hydrogens is 318 g/mol. The Hall–Kier alpha value is -3.02. The van der Waals surface area contributed by atoms with E-state index in [0.717, 1.165) is 30.5 Å². The third-order valence-electron chi connectivity index (χ3n) is 4.28. The van der Waals surface area contributed by atoms with Gasteiger partial charge in [-0.3, -0.25) is 9.59 Å². The number of carbonyl (C=O) groups excluding carboxylic acids is 2. The molecule has 0 fully saturated rings. The van der Waals surface area contributed by atoms with Gasteiger partial charge in [0.15, 0.2) is 6.61 Å². The van der Waals surface area contributed by atoms with Gasteiger partial charge in [0.05, 0.1) is 6.04 Å². The summed E-state index contributed by atoms with van der Waals surface area (Å²) in [5.41, 5.74) is 14.5. The molecule has 1 aliphatic carbocycles. The van der Waals surface area contributed by atoms with Crippen molar-refractivity contribution in [1.82, 2.24) is 5.32 Å². The lowest BCUT2D eigenvalue weighted by Gasteiger charge is -2.26. The number of nitrogen functional groups attached to an aromatic ring is 1. The van der Waals surface area contributed by atoms with E-state index in [1.807, 2.05) is 18.2 Å². The molecule has 0 aliphatic heterocycles. The number of primary amides is 1. The molecular formula is C19H21N3O3. The van der Waals surface area contributed by atoms with Crippen LogP contribution in [0, 0.1) is 0 Å². The highest BCUT2D eigenvalue weighted by atomic mass is 16.5. The lowest BCUT2D eigenvalue weighted by molar-refractivity contribution is -0.119. The largest absolute Gasteiger partial charge is 0.484 e. The second kappa shape index (κ2) is 7.25. The quantitative estimate of drug-likeness (QED) is 0.724. The average Bonchev–Trinajstić information content (AvgIpc) is 2.60. The Bertz CT molecular complexity index is 787. The topological polar surface area (TPSA) is 107 Å². The lowest BCUT2D eigenvalue weighted by atomic mass is 9.87. The normalized spacial score (nSPS) is 15.9. The van der Waals surface area contributed by atoms with Crippen molar-refractivity contribution in [3.8, 4) is 5.75 Å². The number of ether oxygens (including phenoxy) is 1. The molecule has 25 heavy (non-hydrogen) atoms. The molecule has 1 unspecified atom stereocenters. The van der Waals surface area contributed by atoms with Crippen LogP contribution in [0.4, 0.5) is 5.69 Å². The van der Waals surface area contributed by atoms with Crippen molar-refractivity contribution in [1.29, 1.82) is 0 Å². The van der Waals surface area contributed by atoms with E-state index in [1.165, 1.54) is 5.56 Å². The van der Waals surface area contributed by atoms with Crippen LogP contribution < -0.4 is 21.5 Å². The van der Waals surface area contributed by atoms with E-state index < -0.39 is 5.91 Å². The molecule has 0 heterocycles. The Kier molecular flexibility index (Phi) is 4.88. The maximum atomic E-state index is 12.5. The third kappa shape index (κ3) is 4.09. The van der Waals surface area contributed by atoms with Crippen molar-refractivity contribution in [2.45, 2.75) is 25.3 Å². The minimum Gasteiger partial charge on any atom is -0.484 e. The van der Waals surface area contributed by atoms with Crippen molar-refractivity contribution < 1.29 is 14.3 Å². The zero-order chi connectivity index (χ0) is 17.8. The smallest absolute Gasteiger partial charge is 0.255 e. The van der Waals surface area contributed by atoms with Gasteiger partial charge in [-0.15, -0.1) is 0 Å². The molecule has 2 aromatic carbocycles. The summed E-state index contributed by atoms with van der Waals surface area (Å²) in [7, 11) is 0. The molecule has 2 amide bonds. The maximum Gasteiger partial charge on any atom is 0.255 e. The fourth-order valence-electron chi connectivity index (χ4n) is 3.08. The zero-order valence-electron chi connectivity index (χ0n) is 13.8. The molecule has 3 rings (SSSR count). The van der Waals surface area contributed by atoms with Gasteiger partial charge < -0.3 is 21.5 Å². The van der Waals surface area contributed by atoms with Crippen LogP contribution in [0.25, 0.3) is 0 Å². The SMILES string of the molecule is NC(=O)COc1ccc(C(=O)NC2CCCc3cc(N)ccc32)cc1. The first-order valence-corrected chi connectivity index (χ1v) is 8.23. The van der Waals surface area contributed by atoms with Crippen LogP contribution in [-0.2, 0) is 11.2 Å². The second-order valence-corrected chi connectivity index (χ2v) is 6.16. The Balaban J connectivity index is 1.68. The van der Waals surface area contributed by atoms with Gasteiger partial charge in [0.25, 0.3) is 11.8 Å². The predicted molar refractivity (Wildman–Crippen MR) is 95.1 cm³/mol. The van der Waals surface area contributed by atoms with E-state index >= 15 is 0 Å². The summed E-state index contributed by atoms with van der Waals surface area (Å²) in [4.78, 5) is 23.2. The molecule has 0 aromatic heterocycles. The minimum absolute atomic E-state index is 0.0114. The molecule has 0 saturated heterocycles. The van der Waals surface area contributed by atoms with Gasteiger partial charge in [-0.25, -0.2) is 0 Å². The first-order chi connectivity index (χ1) is 12.0. The van der Waals surface area contributed by atoms with Gasteiger partial charge in [0.2, 0.25) is 0 Å². The average molecular weight is 339 g/mol. The van der Waals surface area contributed by atoms with Crippen molar-refractivity contribution in [3.05, 3.63) is 59.2 Å². The van der Waals surface area contributed by atoms with Crippen molar-refractivity contribution in [2.75, 3.05) is 12.3 Å². The van der Waals surface area contributed by atoms with Gasteiger partial charge in [-0.2, -0.15) is 0 Å². The number of nitrogens with one attached hydrogen (secondary N) is 1. The minimum atomic E-state index is -0.543. The number of hydrogen-bond donors (Lipinski definition) is 3. The van der Waals surface area contributed by atoms with Crippen molar-refractivity contribution >= 4 is 17.5 Å². The molecule has 0 spiro atoms. The Labute approximate surface area is 146 Å². The number of nitrogens with two attached hydrogens (primary N) is 2. The van der Waals surface area contributed by atoms with Gasteiger partial charge in [-0.1, -0.05) is 6.07 Å². The van der Waals surface area contributed by atoms with Gasteiger partial charge in [0, 0.05) is 11.3 Å². The van der Waals surface area contributed by atoms with Crippen LogP contribution in [0.15, 0.2) is 42.5 Å². The fourth-order valence-corrected chi connectivity index (χ4v) is 3.08. The fraction of sp³-hybridized carbons (Fsp3) is 0.263. The molecule has 0 radical (unpaired) electrons. The summed E-state index contributed by atoms with van der Waals surface area (Å²) in [5.74, 6) is -0.191. The van der Waals surface area contributed by atoms with Gasteiger partial charge in [0.1, 0.15) is 5.75 Å². The van der Waals surface area contributed by atoms with E-state index in [2.05, 4.69) is 5.32 Å². The Morgan fingerprint density at radius 3 is 2.64 bits per heavy atom. The highest BCUT2D eigenvalue weighted by molar-refractivity contribution is 5.94. The van der Waals surface area contributed by atoms with Crippen LogP contribution in [0.2, 0.25) is 0 Å². The molecule has 1 aliphatic rings. The first kappa shape index (κ1) is 16.8. The second-order valence-electron chi connectivity index (χ2n) is 6.16. The monoisotopic (exact) mass is 339 g/mol. The number of aryl methyl sites for hydroxylation is 1. The van der Waals surface area contributed by atoms with Crippen LogP contribution in [0.1, 0.15) is 40.4 Å². The zero-order valence-corrected chi connectivity index (χ0v) is 13.8. The number of rotatable bonds is 5. The summed E-state index contributed by atoms with van der Waals surface area (Å²) >= 11 is 0. The van der Waals surface area contributed by atoms with E-state index in [0.29, 0.717) is 11.3 Å². The number of anilines is 1. The molecule has 1 atom stereocenters. The molecule has 2 aromatic rings. The van der Waals surface area contributed by atoms with Crippen LogP contribution in [0.3, 0.4) is 0 Å². The summed E-state index contributed by atoms with van der Waals surface area (Å²) in [6, 6.07) is 12.5. The highest BCUT2D eigenvalue weighted by Crippen LogP contribution is 2.31. The molecule has 5 N–H and O–H groups in total. The first-order valence-electron chi connectivity index (χ1n) is 8.23. The molecule has 0 bridgehead atoms. The molecule has 130 valence electrons. The molecule has 0 saturated carbocycles. The van der Waals surface area contributed by atoms with Gasteiger partial charge >= 0.3 is 0 Å². The number of amides is 2. The summed E-state index contributed by atoms with van der Waals surface area (Å²) in [6.45, 7) is -0.187. The predicted octanol–water partition coefficient (Wildman–Crippen LogP) is 1.94. The van der Waals surface area contributed by atoms with Crippen LogP contribution in [-0.4, -0.2) is 18.4 Å². The summed E-state index contributed by atoms with van der Waals surface area (Å²) in [6.07, 6.45) is 2.91. The summed E-state index contributed by atoms with van der Waals surface area (Å²) < 4.78 is 5.19. The number of hydrogen-bond acceptors (Lipinski definition) is 4. The highest BCUT2D eigenvalue weighted by Gasteiger charge is 2.22. The van der Waals surface area contributed by atoms with E-state index in [-0.39, 0.29) is 18.6 Å². The van der Waals surface area contributed by atoms with E-state index in [4.69, 9.17) is 16.2 Å².